The largest absolute Gasteiger partial charge is 0.461 e. The van der Waals surface area contributed by atoms with E-state index in [1.807, 2.05) is 25.1 Å². The molecule has 0 spiro atoms. The second-order valence-corrected chi connectivity index (χ2v) is 4.54. The molecule has 4 heteroatoms. The van der Waals surface area contributed by atoms with Crippen LogP contribution < -0.4 is 5.73 Å². The Labute approximate surface area is 111 Å². The first-order valence-electron chi connectivity index (χ1n) is 6.28. The number of rotatable bonds is 3. The molecular formula is C15H15N3O. The van der Waals surface area contributed by atoms with Gasteiger partial charge in [-0.15, -0.1) is 0 Å². The summed E-state index contributed by atoms with van der Waals surface area (Å²) in [6.45, 7) is 2.54. The molecule has 0 aliphatic carbocycles. The third-order valence-corrected chi connectivity index (χ3v) is 3.04. The summed E-state index contributed by atoms with van der Waals surface area (Å²) in [5.41, 5.74) is 9.22. The van der Waals surface area contributed by atoms with Crippen molar-refractivity contribution < 1.29 is 4.42 Å². The van der Waals surface area contributed by atoms with E-state index in [1.165, 1.54) is 0 Å². The molecule has 0 saturated carbocycles. The number of hydrogen-bond acceptors (Lipinski definition) is 4. The standard InChI is InChI=1S/C15H15N3O/c1-10-6-12-7-11(2-3-15(12)19-10)14-9-17-13(4-5-16)8-18-14/h2-3,6-9H,4-5,16H2,1H3. The van der Waals surface area contributed by atoms with E-state index in [9.17, 15) is 0 Å². The Morgan fingerprint density at radius 2 is 2.05 bits per heavy atom. The smallest absolute Gasteiger partial charge is 0.134 e. The molecule has 2 N–H and O–H groups in total. The third kappa shape index (κ3) is 2.35. The van der Waals surface area contributed by atoms with E-state index in [4.69, 9.17) is 10.2 Å². The molecule has 96 valence electrons. The molecule has 3 aromatic rings. The molecule has 0 aliphatic rings. The fourth-order valence-electron chi connectivity index (χ4n) is 2.12. The number of aryl methyl sites for hydroxylation is 1. The van der Waals surface area contributed by atoms with Crippen molar-refractivity contribution in [1.29, 1.82) is 0 Å². The van der Waals surface area contributed by atoms with Crippen LogP contribution in [0.15, 0.2) is 41.1 Å². The van der Waals surface area contributed by atoms with Crippen molar-refractivity contribution in [3.8, 4) is 11.3 Å². The highest BCUT2D eigenvalue weighted by molar-refractivity contribution is 5.83. The van der Waals surface area contributed by atoms with Gasteiger partial charge in [-0.2, -0.15) is 0 Å². The highest BCUT2D eigenvalue weighted by Crippen LogP contribution is 2.25. The topological polar surface area (TPSA) is 64.9 Å². The van der Waals surface area contributed by atoms with Gasteiger partial charge in [0.15, 0.2) is 0 Å². The number of nitrogens with zero attached hydrogens (tertiary/aromatic N) is 2. The summed E-state index contributed by atoms with van der Waals surface area (Å²) in [7, 11) is 0. The van der Waals surface area contributed by atoms with Crippen LogP contribution in [0.25, 0.3) is 22.2 Å². The highest BCUT2D eigenvalue weighted by atomic mass is 16.3. The van der Waals surface area contributed by atoms with Gasteiger partial charge in [0.25, 0.3) is 0 Å². The zero-order valence-electron chi connectivity index (χ0n) is 10.8. The van der Waals surface area contributed by atoms with Crippen LogP contribution in [0.1, 0.15) is 11.5 Å². The summed E-state index contributed by atoms with van der Waals surface area (Å²) in [4.78, 5) is 8.80. The molecule has 0 aliphatic heterocycles. The third-order valence-electron chi connectivity index (χ3n) is 3.04. The minimum atomic E-state index is 0.592. The number of nitrogens with two attached hydrogens (primary N) is 1. The van der Waals surface area contributed by atoms with Crippen LogP contribution in [-0.2, 0) is 6.42 Å². The van der Waals surface area contributed by atoms with Crippen molar-refractivity contribution in [2.75, 3.05) is 6.54 Å². The van der Waals surface area contributed by atoms with Gasteiger partial charge in [-0.05, 0) is 37.7 Å². The fraction of sp³-hybridized carbons (Fsp3) is 0.200. The molecule has 19 heavy (non-hydrogen) atoms. The predicted molar refractivity (Wildman–Crippen MR) is 74.7 cm³/mol. The van der Waals surface area contributed by atoms with Crippen molar-refractivity contribution in [3.63, 3.8) is 0 Å². The van der Waals surface area contributed by atoms with Gasteiger partial charge < -0.3 is 10.2 Å². The maximum atomic E-state index is 5.56. The first-order chi connectivity index (χ1) is 9.26. The molecule has 0 amide bonds. The molecule has 1 aromatic carbocycles. The maximum Gasteiger partial charge on any atom is 0.134 e. The van der Waals surface area contributed by atoms with Gasteiger partial charge in [0.05, 0.1) is 17.6 Å². The molecular weight excluding hydrogens is 238 g/mol. The van der Waals surface area contributed by atoms with Crippen LogP contribution in [-0.4, -0.2) is 16.5 Å². The van der Waals surface area contributed by atoms with Crippen LogP contribution in [0.3, 0.4) is 0 Å². The molecule has 2 aromatic heterocycles. The molecule has 0 atom stereocenters. The Hall–Kier alpha value is -2.20. The van der Waals surface area contributed by atoms with E-state index in [2.05, 4.69) is 16.0 Å². The summed E-state index contributed by atoms with van der Waals surface area (Å²) in [5, 5.41) is 1.09. The maximum absolute atomic E-state index is 5.56. The van der Waals surface area contributed by atoms with Gasteiger partial charge in [0.1, 0.15) is 11.3 Å². The predicted octanol–water partition coefficient (Wildman–Crippen LogP) is 2.70. The van der Waals surface area contributed by atoms with E-state index in [1.54, 1.807) is 12.4 Å². The molecule has 0 unspecified atom stereocenters. The zero-order valence-corrected chi connectivity index (χ0v) is 10.8. The number of fused-ring (bicyclic) bond motifs is 1. The lowest BCUT2D eigenvalue weighted by molar-refractivity contribution is 0.578. The average Bonchev–Trinajstić information content (AvgIpc) is 2.79. The van der Waals surface area contributed by atoms with Gasteiger partial charge in [-0.1, -0.05) is 0 Å². The Kier molecular flexibility index (Phi) is 3.01. The Morgan fingerprint density at radius 1 is 1.16 bits per heavy atom. The van der Waals surface area contributed by atoms with Crippen LogP contribution in [0.5, 0.6) is 0 Å². The summed E-state index contributed by atoms with van der Waals surface area (Å²) in [6, 6.07) is 8.05. The van der Waals surface area contributed by atoms with E-state index < -0.39 is 0 Å². The van der Waals surface area contributed by atoms with Gasteiger partial charge in [-0.25, -0.2) is 0 Å². The van der Waals surface area contributed by atoms with Gasteiger partial charge in [0.2, 0.25) is 0 Å². The minimum absolute atomic E-state index is 0.592. The lowest BCUT2D eigenvalue weighted by atomic mass is 10.1. The van der Waals surface area contributed by atoms with Gasteiger partial charge in [-0.3, -0.25) is 9.97 Å². The lowest BCUT2D eigenvalue weighted by Gasteiger charge is -2.02. The van der Waals surface area contributed by atoms with Crippen molar-refractivity contribution >= 4 is 11.0 Å². The van der Waals surface area contributed by atoms with Crippen molar-refractivity contribution in [2.45, 2.75) is 13.3 Å². The van der Waals surface area contributed by atoms with Crippen molar-refractivity contribution in [3.05, 3.63) is 48.1 Å². The van der Waals surface area contributed by atoms with Crippen LogP contribution in [0, 0.1) is 6.92 Å². The molecule has 0 radical (unpaired) electrons. The van der Waals surface area contributed by atoms with Gasteiger partial charge in [0, 0.05) is 23.6 Å². The Balaban J connectivity index is 1.98. The molecule has 2 heterocycles. The normalized spacial score (nSPS) is 11.1. The molecule has 4 nitrogen and oxygen atoms in total. The summed E-state index contributed by atoms with van der Waals surface area (Å²) < 4.78 is 5.56. The first kappa shape index (κ1) is 11.9. The van der Waals surface area contributed by atoms with Crippen LogP contribution in [0.2, 0.25) is 0 Å². The molecule has 0 saturated heterocycles. The van der Waals surface area contributed by atoms with E-state index in [-0.39, 0.29) is 0 Å². The summed E-state index contributed by atoms with van der Waals surface area (Å²) in [5.74, 6) is 0.913. The number of hydrogen-bond donors (Lipinski definition) is 1. The van der Waals surface area contributed by atoms with E-state index in [0.717, 1.165) is 40.1 Å². The zero-order chi connectivity index (χ0) is 13.2. The summed E-state index contributed by atoms with van der Waals surface area (Å²) in [6.07, 6.45) is 4.33. The van der Waals surface area contributed by atoms with E-state index >= 15 is 0 Å². The van der Waals surface area contributed by atoms with Gasteiger partial charge >= 0.3 is 0 Å². The monoisotopic (exact) mass is 253 g/mol. The number of aromatic nitrogens is 2. The second kappa shape index (κ2) is 4.82. The number of furan rings is 1. The molecule has 0 bridgehead atoms. The Bertz CT molecular complexity index is 701. The SMILES string of the molecule is Cc1cc2cc(-c3cnc(CCN)cn3)ccc2o1. The first-order valence-corrected chi connectivity index (χ1v) is 6.28. The van der Waals surface area contributed by atoms with Crippen LogP contribution >= 0.6 is 0 Å². The van der Waals surface area contributed by atoms with Crippen molar-refractivity contribution in [2.24, 2.45) is 5.73 Å². The number of benzene rings is 1. The summed E-state index contributed by atoms with van der Waals surface area (Å²) >= 11 is 0. The van der Waals surface area contributed by atoms with Crippen molar-refractivity contribution in [1.82, 2.24) is 9.97 Å². The fourth-order valence-corrected chi connectivity index (χ4v) is 2.12. The molecule has 3 rings (SSSR count). The Morgan fingerprint density at radius 3 is 2.79 bits per heavy atom. The minimum Gasteiger partial charge on any atom is -0.461 e. The average molecular weight is 253 g/mol. The second-order valence-electron chi connectivity index (χ2n) is 4.54. The molecule has 0 fully saturated rings. The lowest BCUT2D eigenvalue weighted by Crippen LogP contribution is -2.04. The highest BCUT2D eigenvalue weighted by Gasteiger charge is 2.05. The quantitative estimate of drug-likeness (QED) is 0.779. The van der Waals surface area contributed by atoms with Crippen LogP contribution in [0.4, 0.5) is 0 Å². The van der Waals surface area contributed by atoms with E-state index in [0.29, 0.717) is 6.54 Å².